The van der Waals surface area contributed by atoms with Crippen LogP contribution < -0.4 is 4.74 Å². The van der Waals surface area contributed by atoms with Gasteiger partial charge in [-0.2, -0.15) is 8.42 Å². The third-order valence-corrected chi connectivity index (χ3v) is 3.50. The van der Waals surface area contributed by atoms with Gasteiger partial charge in [0.2, 0.25) is 0 Å². The number of unbranched alkanes of at least 4 members (excludes halogenated alkanes) is 1. The molecule has 0 aliphatic rings. The number of hydrogen-bond acceptors (Lipinski definition) is 6. The number of ether oxygens (including phenoxy) is 2. The normalized spacial score (nSPS) is 12.7. The van der Waals surface area contributed by atoms with Crippen LogP contribution in [0, 0.1) is 0 Å². The molecule has 0 radical (unpaired) electrons. The van der Waals surface area contributed by atoms with Crippen molar-refractivity contribution in [2.75, 3.05) is 20.0 Å². The number of carbonyl (C=O) groups is 1. The lowest BCUT2D eigenvalue weighted by atomic mass is 10.1. The lowest BCUT2D eigenvalue weighted by Crippen LogP contribution is -2.24. The van der Waals surface area contributed by atoms with E-state index < -0.39 is 22.2 Å². The Labute approximate surface area is 131 Å². The summed E-state index contributed by atoms with van der Waals surface area (Å²) in [6.07, 6.45) is 2.60. The highest BCUT2D eigenvalue weighted by Crippen LogP contribution is 2.17. The van der Waals surface area contributed by atoms with Crippen LogP contribution in [0.15, 0.2) is 24.3 Å². The van der Waals surface area contributed by atoms with Crippen LogP contribution in [0.5, 0.6) is 5.75 Å². The van der Waals surface area contributed by atoms with E-state index in [2.05, 4.69) is 8.92 Å². The summed E-state index contributed by atoms with van der Waals surface area (Å²) in [5.41, 5.74) is 1.05. The van der Waals surface area contributed by atoms with Gasteiger partial charge in [0, 0.05) is 0 Å². The van der Waals surface area contributed by atoms with Crippen LogP contribution in [0.2, 0.25) is 0 Å². The minimum atomic E-state index is -3.36. The molecule has 6 nitrogen and oxygen atoms in total. The number of hydrogen-bond donors (Lipinski definition) is 0. The van der Waals surface area contributed by atoms with Crippen molar-refractivity contribution in [1.29, 1.82) is 0 Å². The largest absolute Gasteiger partial charge is 0.479 e. The van der Waals surface area contributed by atoms with Gasteiger partial charge in [-0.15, -0.1) is 0 Å². The molecule has 1 aromatic rings. The molecule has 1 aromatic carbocycles. The summed E-state index contributed by atoms with van der Waals surface area (Å²) in [6.45, 7) is 1.81. The standard InChI is InChI=1S/C15H22O6S/c1-12(15(16)19-2)21-14-9-6-8-13(11-14)7-4-5-10-20-22(3,17)18/h6,8-9,11-12H,4-5,7,10H2,1-3H3/t12-/m0/s1. The first-order chi connectivity index (χ1) is 10.3. The molecular weight excluding hydrogens is 308 g/mol. The average molecular weight is 330 g/mol. The van der Waals surface area contributed by atoms with Crippen molar-refractivity contribution in [3.05, 3.63) is 29.8 Å². The first-order valence-electron chi connectivity index (χ1n) is 6.99. The van der Waals surface area contributed by atoms with Crippen molar-refractivity contribution in [2.24, 2.45) is 0 Å². The zero-order chi connectivity index (χ0) is 16.6. The van der Waals surface area contributed by atoms with Crippen LogP contribution >= 0.6 is 0 Å². The number of aryl methyl sites for hydroxylation is 1. The Morgan fingerprint density at radius 1 is 1.27 bits per heavy atom. The second-order valence-electron chi connectivity index (χ2n) is 4.91. The molecule has 0 amide bonds. The summed E-state index contributed by atoms with van der Waals surface area (Å²) >= 11 is 0. The number of methoxy groups -OCH3 is 1. The molecule has 0 saturated carbocycles. The summed E-state index contributed by atoms with van der Waals surface area (Å²) in [4.78, 5) is 11.3. The van der Waals surface area contributed by atoms with E-state index in [1.807, 2.05) is 18.2 Å². The smallest absolute Gasteiger partial charge is 0.346 e. The summed E-state index contributed by atoms with van der Waals surface area (Å²) in [5, 5.41) is 0. The number of carbonyl (C=O) groups excluding carboxylic acids is 1. The van der Waals surface area contributed by atoms with Crippen LogP contribution in [0.3, 0.4) is 0 Å². The SMILES string of the molecule is COC(=O)[C@H](C)Oc1cccc(CCCCOS(C)(=O)=O)c1. The molecule has 0 aliphatic carbocycles. The Morgan fingerprint density at radius 3 is 2.64 bits per heavy atom. The second-order valence-corrected chi connectivity index (χ2v) is 6.56. The monoisotopic (exact) mass is 330 g/mol. The Balaban J connectivity index is 2.42. The van der Waals surface area contributed by atoms with Gasteiger partial charge in [-0.05, 0) is 43.9 Å². The Hall–Kier alpha value is -1.60. The molecule has 22 heavy (non-hydrogen) atoms. The number of benzene rings is 1. The number of esters is 1. The van der Waals surface area contributed by atoms with E-state index in [1.165, 1.54) is 7.11 Å². The molecule has 124 valence electrons. The highest BCUT2D eigenvalue weighted by molar-refractivity contribution is 7.85. The van der Waals surface area contributed by atoms with E-state index in [0.717, 1.165) is 24.7 Å². The van der Waals surface area contributed by atoms with Gasteiger partial charge in [0.25, 0.3) is 10.1 Å². The van der Waals surface area contributed by atoms with Crippen LogP contribution in [-0.2, 0) is 30.3 Å². The Kier molecular flexibility index (Phi) is 7.34. The maximum Gasteiger partial charge on any atom is 0.346 e. The van der Waals surface area contributed by atoms with Crippen molar-refractivity contribution in [3.8, 4) is 5.75 Å². The third-order valence-electron chi connectivity index (χ3n) is 2.90. The second kappa shape index (κ2) is 8.75. The zero-order valence-corrected chi connectivity index (χ0v) is 13.9. The quantitative estimate of drug-likeness (QED) is 0.391. The van der Waals surface area contributed by atoms with Gasteiger partial charge >= 0.3 is 5.97 Å². The highest BCUT2D eigenvalue weighted by atomic mass is 32.2. The van der Waals surface area contributed by atoms with Crippen LogP contribution in [-0.4, -0.2) is 40.5 Å². The van der Waals surface area contributed by atoms with Crippen LogP contribution in [0.4, 0.5) is 0 Å². The predicted octanol–water partition coefficient (Wildman–Crippen LogP) is 1.93. The molecule has 1 rings (SSSR count). The molecule has 0 heterocycles. The lowest BCUT2D eigenvalue weighted by Gasteiger charge is -2.13. The van der Waals surface area contributed by atoms with Gasteiger partial charge in [0.15, 0.2) is 6.10 Å². The topological polar surface area (TPSA) is 78.9 Å². The van der Waals surface area contributed by atoms with Crippen LogP contribution in [0.1, 0.15) is 25.3 Å². The van der Waals surface area contributed by atoms with Gasteiger partial charge in [-0.1, -0.05) is 12.1 Å². The van der Waals surface area contributed by atoms with Gasteiger partial charge < -0.3 is 9.47 Å². The first-order valence-corrected chi connectivity index (χ1v) is 8.81. The third kappa shape index (κ3) is 7.42. The van der Waals surface area contributed by atoms with E-state index in [9.17, 15) is 13.2 Å². The molecule has 0 fully saturated rings. The zero-order valence-electron chi connectivity index (χ0n) is 13.1. The maximum atomic E-state index is 11.3. The molecule has 0 bridgehead atoms. The highest BCUT2D eigenvalue weighted by Gasteiger charge is 2.14. The lowest BCUT2D eigenvalue weighted by molar-refractivity contribution is -0.147. The van der Waals surface area contributed by atoms with Crippen molar-refractivity contribution < 1.29 is 26.9 Å². The fourth-order valence-electron chi connectivity index (χ4n) is 1.83. The van der Waals surface area contributed by atoms with Crippen molar-refractivity contribution >= 4 is 16.1 Å². The minimum absolute atomic E-state index is 0.189. The maximum absolute atomic E-state index is 11.3. The molecule has 0 spiro atoms. The van der Waals surface area contributed by atoms with E-state index in [-0.39, 0.29) is 6.61 Å². The molecule has 0 aliphatic heterocycles. The Morgan fingerprint density at radius 2 is 2.00 bits per heavy atom. The van der Waals surface area contributed by atoms with E-state index in [1.54, 1.807) is 13.0 Å². The molecular formula is C15H22O6S. The van der Waals surface area contributed by atoms with Gasteiger partial charge in [-0.3, -0.25) is 4.18 Å². The van der Waals surface area contributed by atoms with Crippen molar-refractivity contribution in [3.63, 3.8) is 0 Å². The fraction of sp³-hybridized carbons (Fsp3) is 0.533. The minimum Gasteiger partial charge on any atom is -0.479 e. The number of rotatable bonds is 9. The average Bonchev–Trinajstić information content (AvgIpc) is 2.45. The summed E-state index contributed by atoms with van der Waals surface area (Å²) in [5.74, 6) is 0.172. The first kappa shape index (κ1) is 18.4. The molecule has 0 N–H and O–H groups in total. The van der Waals surface area contributed by atoms with Crippen molar-refractivity contribution in [2.45, 2.75) is 32.3 Å². The summed E-state index contributed by atoms with van der Waals surface area (Å²) in [6, 6.07) is 7.43. The van der Waals surface area contributed by atoms with E-state index in [0.29, 0.717) is 12.2 Å². The molecule has 0 saturated heterocycles. The van der Waals surface area contributed by atoms with Crippen molar-refractivity contribution in [1.82, 2.24) is 0 Å². The van der Waals surface area contributed by atoms with Gasteiger partial charge in [-0.25, -0.2) is 4.79 Å². The van der Waals surface area contributed by atoms with Gasteiger partial charge in [0.1, 0.15) is 5.75 Å². The Bertz CT molecular complexity index is 581. The molecule has 0 aromatic heterocycles. The van der Waals surface area contributed by atoms with Crippen LogP contribution in [0.25, 0.3) is 0 Å². The molecule has 1 atom stereocenters. The predicted molar refractivity (Wildman–Crippen MR) is 82.3 cm³/mol. The molecule has 7 heteroatoms. The summed E-state index contributed by atoms with van der Waals surface area (Å²) < 4.78 is 36.4. The van der Waals surface area contributed by atoms with Gasteiger partial charge in [0.05, 0.1) is 20.0 Å². The van der Waals surface area contributed by atoms with E-state index in [4.69, 9.17) is 4.74 Å². The fourth-order valence-corrected chi connectivity index (χ4v) is 2.25. The van der Waals surface area contributed by atoms with E-state index >= 15 is 0 Å². The molecule has 0 unspecified atom stereocenters. The summed E-state index contributed by atoms with van der Waals surface area (Å²) in [7, 11) is -2.05.